The predicted molar refractivity (Wildman–Crippen MR) is 85.7 cm³/mol. The number of ketones is 1. The minimum Gasteiger partial charge on any atom is -0.497 e. The zero-order valence-electron chi connectivity index (χ0n) is 12.6. The van der Waals surface area contributed by atoms with Gasteiger partial charge in [0.25, 0.3) is 0 Å². The molecule has 1 aromatic heterocycles. The number of methoxy groups -OCH3 is 1. The van der Waals surface area contributed by atoms with E-state index < -0.39 is 0 Å². The Morgan fingerprint density at radius 1 is 1.29 bits per heavy atom. The smallest absolute Gasteiger partial charge is 0.179 e. The van der Waals surface area contributed by atoms with Crippen LogP contribution >= 0.6 is 11.6 Å². The number of aromatic nitrogens is 1. The van der Waals surface area contributed by atoms with Gasteiger partial charge in [0, 0.05) is 23.5 Å². The molecule has 0 aliphatic carbocycles. The summed E-state index contributed by atoms with van der Waals surface area (Å²) in [4.78, 5) is 11.8. The fraction of sp³-hybridized carbons (Fsp3) is 0.353. The van der Waals surface area contributed by atoms with E-state index in [1.807, 2.05) is 38.1 Å². The Hall–Kier alpha value is -1.74. The molecule has 0 atom stereocenters. The molecule has 0 spiro atoms. The summed E-state index contributed by atoms with van der Waals surface area (Å²) >= 11 is 5.65. The normalized spacial score (nSPS) is 10.7. The summed E-state index contributed by atoms with van der Waals surface area (Å²) < 4.78 is 7.40. The lowest BCUT2D eigenvalue weighted by atomic mass is 10.1. The number of Topliss-reactive ketones (excluding diaryl/α,β-unsaturated/α-hetero) is 1. The third kappa shape index (κ3) is 3.48. The van der Waals surface area contributed by atoms with Gasteiger partial charge in [0.05, 0.1) is 13.0 Å². The van der Waals surface area contributed by atoms with Crippen LogP contribution in [0.1, 0.15) is 27.3 Å². The first-order valence-corrected chi connectivity index (χ1v) is 7.49. The summed E-state index contributed by atoms with van der Waals surface area (Å²) in [5.41, 5.74) is 4.02. The minimum atomic E-state index is -0.0163. The first kappa shape index (κ1) is 15.6. The number of nitrogens with zero attached hydrogens (tertiary/aromatic N) is 1. The van der Waals surface area contributed by atoms with E-state index in [0.29, 0.717) is 0 Å². The summed E-state index contributed by atoms with van der Waals surface area (Å²) in [6, 6.07) is 9.98. The maximum Gasteiger partial charge on any atom is 0.179 e. The van der Waals surface area contributed by atoms with Crippen molar-refractivity contribution in [1.29, 1.82) is 0 Å². The van der Waals surface area contributed by atoms with Gasteiger partial charge in [-0.2, -0.15) is 0 Å². The standard InChI is InChI=1S/C17H20ClNO2/c1-12-9-16(17(20)11-18)13(2)19(12)8-7-14-5-4-6-15(10-14)21-3/h4-6,9-10H,7-8,11H2,1-3H3. The average Bonchev–Trinajstić information content (AvgIpc) is 2.79. The molecule has 0 N–H and O–H groups in total. The van der Waals surface area contributed by atoms with Crippen molar-refractivity contribution in [3.05, 3.63) is 52.8 Å². The quantitative estimate of drug-likeness (QED) is 0.601. The van der Waals surface area contributed by atoms with Gasteiger partial charge in [-0.3, -0.25) is 4.79 Å². The van der Waals surface area contributed by atoms with E-state index in [1.54, 1.807) is 7.11 Å². The third-order valence-electron chi connectivity index (χ3n) is 3.75. The number of alkyl halides is 1. The predicted octanol–water partition coefficient (Wildman–Crippen LogP) is 3.78. The van der Waals surface area contributed by atoms with Crippen LogP contribution < -0.4 is 4.74 Å². The molecule has 3 nitrogen and oxygen atoms in total. The van der Waals surface area contributed by atoms with Crippen LogP contribution in [0.25, 0.3) is 0 Å². The highest BCUT2D eigenvalue weighted by Crippen LogP contribution is 2.18. The molecule has 2 aromatic rings. The molecule has 4 heteroatoms. The molecule has 0 unspecified atom stereocenters. The number of carbonyl (C=O) groups is 1. The highest BCUT2D eigenvalue weighted by Gasteiger charge is 2.14. The largest absolute Gasteiger partial charge is 0.497 e. The maximum atomic E-state index is 11.8. The Morgan fingerprint density at radius 2 is 2.05 bits per heavy atom. The van der Waals surface area contributed by atoms with Crippen LogP contribution in [0.2, 0.25) is 0 Å². The molecular weight excluding hydrogens is 286 g/mol. The fourth-order valence-corrected chi connectivity index (χ4v) is 2.71. The van der Waals surface area contributed by atoms with Gasteiger partial charge in [0.15, 0.2) is 5.78 Å². The van der Waals surface area contributed by atoms with Gasteiger partial charge in [-0.25, -0.2) is 0 Å². The van der Waals surface area contributed by atoms with Crippen molar-refractivity contribution in [3.8, 4) is 5.75 Å². The van der Waals surface area contributed by atoms with Crippen molar-refractivity contribution < 1.29 is 9.53 Å². The molecule has 0 aliphatic heterocycles. The average molecular weight is 306 g/mol. The number of ether oxygens (including phenoxy) is 1. The summed E-state index contributed by atoms with van der Waals surface area (Å²) in [5.74, 6) is 0.879. The lowest BCUT2D eigenvalue weighted by Gasteiger charge is -2.10. The SMILES string of the molecule is COc1cccc(CCn2c(C)cc(C(=O)CCl)c2C)c1. The molecular formula is C17H20ClNO2. The van der Waals surface area contributed by atoms with E-state index in [4.69, 9.17) is 16.3 Å². The Balaban J connectivity index is 2.16. The number of benzene rings is 1. The molecule has 0 saturated carbocycles. The monoisotopic (exact) mass is 305 g/mol. The van der Waals surface area contributed by atoms with E-state index in [0.717, 1.165) is 35.7 Å². The summed E-state index contributed by atoms with van der Waals surface area (Å²) in [6.07, 6.45) is 0.891. The molecule has 0 fully saturated rings. The van der Waals surface area contributed by atoms with Gasteiger partial charge < -0.3 is 9.30 Å². The van der Waals surface area contributed by atoms with Crippen molar-refractivity contribution in [1.82, 2.24) is 4.57 Å². The van der Waals surface area contributed by atoms with E-state index in [1.165, 1.54) is 5.56 Å². The van der Waals surface area contributed by atoms with Crippen LogP contribution in [0.3, 0.4) is 0 Å². The summed E-state index contributed by atoms with van der Waals surface area (Å²) in [7, 11) is 1.67. The van der Waals surface area contributed by atoms with E-state index in [2.05, 4.69) is 10.6 Å². The number of rotatable bonds is 6. The fourth-order valence-electron chi connectivity index (χ4n) is 2.57. The molecule has 0 radical (unpaired) electrons. The molecule has 1 heterocycles. The zero-order valence-corrected chi connectivity index (χ0v) is 13.4. The molecule has 0 saturated heterocycles. The van der Waals surface area contributed by atoms with Gasteiger partial charge in [-0.15, -0.1) is 11.6 Å². The minimum absolute atomic E-state index is 0.0163. The molecule has 0 bridgehead atoms. The molecule has 0 aliphatic rings. The topological polar surface area (TPSA) is 31.2 Å². The van der Waals surface area contributed by atoms with Crippen molar-refractivity contribution in [2.45, 2.75) is 26.8 Å². The summed E-state index contributed by atoms with van der Waals surface area (Å²) in [6.45, 7) is 4.82. The molecule has 112 valence electrons. The van der Waals surface area contributed by atoms with Crippen LogP contribution in [0, 0.1) is 13.8 Å². The van der Waals surface area contributed by atoms with Gasteiger partial charge >= 0.3 is 0 Å². The Bertz CT molecular complexity index is 646. The van der Waals surface area contributed by atoms with Gasteiger partial charge in [0.2, 0.25) is 0 Å². The number of hydrogen-bond acceptors (Lipinski definition) is 2. The van der Waals surface area contributed by atoms with Crippen LogP contribution in [0.4, 0.5) is 0 Å². The molecule has 21 heavy (non-hydrogen) atoms. The first-order valence-electron chi connectivity index (χ1n) is 6.95. The molecule has 0 amide bonds. The van der Waals surface area contributed by atoms with Gasteiger partial charge in [-0.05, 0) is 44.0 Å². The number of hydrogen-bond donors (Lipinski definition) is 0. The highest BCUT2D eigenvalue weighted by molar-refractivity contribution is 6.30. The van der Waals surface area contributed by atoms with E-state index in [-0.39, 0.29) is 11.7 Å². The second-order valence-electron chi connectivity index (χ2n) is 5.09. The van der Waals surface area contributed by atoms with E-state index >= 15 is 0 Å². The third-order valence-corrected chi connectivity index (χ3v) is 4.00. The maximum absolute atomic E-state index is 11.8. The van der Waals surface area contributed by atoms with E-state index in [9.17, 15) is 4.79 Å². The van der Waals surface area contributed by atoms with Gasteiger partial charge in [-0.1, -0.05) is 12.1 Å². The highest BCUT2D eigenvalue weighted by atomic mass is 35.5. The Labute approximate surface area is 130 Å². The zero-order chi connectivity index (χ0) is 15.4. The van der Waals surface area contributed by atoms with Crippen LogP contribution in [0.5, 0.6) is 5.75 Å². The Kier molecular flexibility index (Phi) is 5.07. The number of carbonyl (C=O) groups excluding carboxylic acids is 1. The number of aryl methyl sites for hydroxylation is 2. The van der Waals surface area contributed by atoms with Crippen molar-refractivity contribution >= 4 is 17.4 Å². The van der Waals surface area contributed by atoms with Gasteiger partial charge in [0.1, 0.15) is 5.75 Å². The first-order chi connectivity index (χ1) is 10.1. The van der Waals surface area contributed by atoms with Crippen molar-refractivity contribution in [3.63, 3.8) is 0 Å². The lowest BCUT2D eigenvalue weighted by Crippen LogP contribution is -2.07. The Morgan fingerprint density at radius 3 is 2.71 bits per heavy atom. The van der Waals surface area contributed by atoms with Crippen molar-refractivity contribution in [2.24, 2.45) is 0 Å². The second kappa shape index (κ2) is 6.81. The second-order valence-corrected chi connectivity index (χ2v) is 5.36. The molecule has 1 aromatic carbocycles. The summed E-state index contributed by atoms with van der Waals surface area (Å²) in [5, 5.41) is 0. The van der Waals surface area contributed by atoms with Crippen LogP contribution in [0.15, 0.2) is 30.3 Å². The van der Waals surface area contributed by atoms with Crippen LogP contribution in [-0.4, -0.2) is 23.3 Å². The molecule has 2 rings (SSSR count). The lowest BCUT2D eigenvalue weighted by molar-refractivity contribution is 0.102. The van der Waals surface area contributed by atoms with Crippen LogP contribution in [-0.2, 0) is 13.0 Å². The van der Waals surface area contributed by atoms with Crippen molar-refractivity contribution in [2.75, 3.05) is 13.0 Å². The number of halogens is 1.